The molecule has 0 radical (unpaired) electrons. The fourth-order valence-electron chi connectivity index (χ4n) is 1.91. The maximum Gasteiger partial charge on any atom is 0.0500 e. The van der Waals surface area contributed by atoms with Gasteiger partial charge in [-0.3, -0.25) is 16.3 Å². The Bertz CT molecular complexity index is 514. The number of hydrogen-bond donors (Lipinski definition) is 2. The molecule has 0 saturated carbocycles. The van der Waals surface area contributed by atoms with Gasteiger partial charge in [-0.1, -0.05) is 23.7 Å². The molecule has 18 heavy (non-hydrogen) atoms. The maximum atomic E-state index is 6.03. The Hall–Kier alpha value is -1.42. The van der Waals surface area contributed by atoms with E-state index >= 15 is 0 Å². The van der Waals surface area contributed by atoms with Gasteiger partial charge in [-0.15, -0.1) is 0 Å². The van der Waals surface area contributed by atoms with Gasteiger partial charge in [-0.2, -0.15) is 0 Å². The van der Waals surface area contributed by atoms with Crippen molar-refractivity contribution in [2.24, 2.45) is 5.84 Å². The molecule has 1 atom stereocenters. The van der Waals surface area contributed by atoms with Crippen molar-refractivity contribution in [3.05, 3.63) is 64.4 Å². The Morgan fingerprint density at radius 2 is 2.00 bits per heavy atom. The van der Waals surface area contributed by atoms with E-state index in [0.717, 1.165) is 22.6 Å². The van der Waals surface area contributed by atoms with E-state index in [9.17, 15) is 0 Å². The molecule has 0 aliphatic carbocycles. The van der Waals surface area contributed by atoms with E-state index < -0.39 is 0 Å². The largest absolute Gasteiger partial charge is 0.271 e. The molecule has 2 aromatic rings. The first-order valence-corrected chi connectivity index (χ1v) is 6.19. The van der Waals surface area contributed by atoms with Crippen molar-refractivity contribution in [3.63, 3.8) is 0 Å². The van der Waals surface area contributed by atoms with Crippen LogP contribution in [0.1, 0.15) is 22.7 Å². The molecule has 3 nitrogen and oxygen atoms in total. The van der Waals surface area contributed by atoms with Crippen molar-refractivity contribution in [2.75, 3.05) is 0 Å². The number of hydrogen-bond acceptors (Lipinski definition) is 3. The van der Waals surface area contributed by atoms with Crippen molar-refractivity contribution < 1.29 is 0 Å². The molecule has 4 heteroatoms. The van der Waals surface area contributed by atoms with Gasteiger partial charge in [0.2, 0.25) is 0 Å². The summed E-state index contributed by atoms with van der Waals surface area (Å²) >= 11 is 6.03. The van der Waals surface area contributed by atoms with Crippen LogP contribution in [0.25, 0.3) is 0 Å². The highest BCUT2D eigenvalue weighted by molar-refractivity contribution is 6.31. The molecule has 1 heterocycles. The molecule has 3 N–H and O–H groups in total. The van der Waals surface area contributed by atoms with E-state index in [1.165, 1.54) is 5.56 Å². The summed E-state index contributed by atoms with van der Waals surface area (Å²) in [4.78, 5) is 4.01. The van der Waals surface area contributed by atoms with Crippen LogP contribution in [0.5, 0.6) is 0 Å². The summed E-state index contributed by atoms with van der Waals surface area (Å²) in [6, 6.07) is 10.0. The van der Waals surface area contributed by atoms with E-state index in [1.54, 1.807) is 12.4 Å². The van der Waals surface area contributed by atoms with Gasteiger partial charge in [0.15, 0.2) is 0 Å². The number of pyridine rings is 1. The van der Waals surface area contributed by atoms with Gasteiger partial charge in [0.25, 0.3) is 0 Å². The number of nitrogens with two attached hydrogens (primary N) is 1. The quantitative estimate of drug-likeness (QED) is 0.657. The van der Waals surface area contributed by atoms with Gasteiger partial charge in [0.1, 0.15) is 0 Å². The van der Waals surface area contributed by atoms with Crippen molar-refractivity contribution >= 4 is 11.6 Å². The predicted molar refractivity (Wildman–Crippen MR) is 74.2 cm³/mol. The van der Waals surface area contributed by atoms with Crippen LogP contribution in [0, 0.1) is 6.92 Å². The van der Waals surface area contributed by atoms with Crippen LogP contribution in [-0.4, -0.2) is 4.98 Å². The van der Waals surface area contributed by atoms with E-state index in [-0.39, 0.29) is 6.04 Å². The number of rotatable bonds is 4. The molecule has 0 aliphatic heterocycles. The minimum Gasteiger partial charge on any atom is -0.271 e. The minimum absolute atomic E-state index is 0.0726. The smallest absolute Gasteiger partial charge is 0.0500 e. The zero-order valence-electron chi connectivity index (χ0n) is 10.2. The second kappa shape index (κ2) is 5.96. The van der Waals surface area contributed by atoms with Crippen molar-refractivity contribution in [1.29, 1.82) is 0 Å². The lowest BCUT2D eigenvalue weighted by Crippen LogP contribution is -2.29. The molecule has 0 fully saturated rings. The minimum atomic E-state index is 0.0726. The summed E-state index contributed by atoms with van der Waals surface area (Å²) < 4.78 is 0. The summed E-state index contributed by atoms with van der Waals surface area (Å²) in [5.41, 5.74) is 6.24. The maximum absolute atomic E-state index is 6.03. The molecular formula is C14H16ClN3. The van der Waals surface area contributed by atoms with Gasteiger partial charge in [-0.05, 0) is 48.2 Å². The van der Waals surface area contributed by atoms with Crippen LogP contribution in [0.2, 0.25) is 5.02 Å². The molecule has 1 aromatic carbocycles. The number of hydrazine groups is 1. The number of aromatic nitrogens is 1. The molecular weight excluding hydrogens is 246 g/mol. The Kier molecular flexibility index (Phi) is 4.31. The van der Waals surface area contributed by atoms with E-state index in [1.807, 2.05) is 31.2 Å². The first-order chi connectivity index (χ1) is 8.70. The molecule has 0 amide bonds. The van der Waals surface area contributed by atoms with Gasteiger partial charge in [-0.25, -0.2) is 0 Å². The molecule has 0 aliphatic rings. The number of halogens is 1. The van der Waals surface area contributed by atoms with Crippen LogP contribution >= 0.6 is 11.6 Å². The van der Waals surface area contributed by atoms with E-state index in [0.29, 0.717) is 0 Å². The Labute approximate surface area is 112 Å². The molecule has 2 rings (SSSR count). The normalized spacial score (nSPS) is 12.4. The molecule has 0 spiro atoms. The molecule has 94 valence electrons. The summed E-state index contributed by atoms with van der Waals surface area (Å²) in [6.07, 6.45) is 4.39. The second-order valence-electron chi connectivity index (χ2n) is 4.29. The van der Waals surface area contributed by atoms with Gasteiger partial charge < -0.3 is 0 Å². The highest BCUT2D eigenvalue weighted by atomic mass is 35.5. The summed E-state index contributed by atoms with van der Waals surface area (Å²) in [5, 5.41) is 0.776. The highest BCUT2D eigenvalue weighted by Gasteiger charge is 2.11. The number of aryl methyl sites for hydroxylation is 1. The third-order valence-corrected chi connectivity index (χ3v) is 3.40. The summed E-state index contributed by atoms with van der Waals surface area (Å²) in [6.45, 7) is 1.99. The third kappa shape index (κ3) is 3.07. The first kappa shape index (κ1) is 13.0. The topological polar surface area (TPSA) is 50.9 Å². The first-order valence-electron chi connectivity index (χ1n) is 5.82. The summed E-state index contributed by atoms with van der Waals surface area (Å²) in [5.74, 6) is 5.64. The molecule has 0 saturated heterocycles. The molecule has 0 bridgehead atoms. The zero-order valence-corrected chi connectivity index (χ0v) is 11.0. The van der Waals surface area contributed by atoms with Crippen LogP contribution in [-0.2, 0) is 6.42 Å². The average molecular weight is 262 g/mol. The number of benzene rings is 1. The number of nitrogens with zero attached hydrogens (tertiary/aromatic N) is 1. The van der Waals surface area contributed by atoms with Crippen LogP contribution < -0.4 is 11.3 Å². The monoisotopic (exact) mass is 261 g/mol. The van der Waals surface area contributed by atoms with E-state index in [4.69, 9.17) is 17.4 Å². The SMILES string of the molecule is Cc1cc(C(Cc2ccncc2)NN)ccc1Cl. The Morgan fingerprint density at radius 3 is 2.61 bits per heavy atom. The van der Waals surface area contributed by atoms with E-state index in [2.05, 4.69) is 16.5 Å². The Balaban J connectivity index is 2.20. The lowest BCUT2D eigenvalue weighted by molar-refractivity contribution is 0.551. The van der Waals surface area contributed by atoms with Crippen molar-refractivity contribution in [2.45, 2.75) is 19.4 Å². The van der Waals surface area contributed by atoms with Crippen molar-refractivity contribution in [3.8, 4) is 0 Å². The standard InChI is InChI=1S/C14H16ClN3/c1-10-8-12(2-3-13(10)15)14(18-16)9-11-4-6-17-7-5-11/h2-8,14,18H,9,16H2,1H3. The average Bonchev–Trinajstić information content (AvgIpc) is 2.40. The molecule has 1 aromatic heterocycles. The van der Waals surface area contributed by atoms with Crippen molar-refractivity contribution in [1.82, 2.24) is 10.4 Å². The fourth-order valence-corrected chi connectivity index (χ4v) is 2.03. The molecule has 1 unspecified atom stereocenters. The highest BCUT2D eigenvalue weighted by Crippen LogP contribution is 2.22. The van der Waals surface area contributed by atoms with Gasteiger partial charge in [0.05, 0.1) is 0 Å². The fraction of sp³-hybridized carbons (Fsp3) is 0.214. The Morgan fingerprint density at radius 1 is 1.28 bits per heavy atom. The second-order valence-corrected chi connectivity index (χ2v) is 4.69. The predicted octanol–water partition coefficient (Wildman–Crippen LogP) is 2.79. The van der Waals surface area contributed by atoms with Gasteiger partial charge in [0, 0.05) is 23.5 Å². The van der Waals surface area contributed by atoms with Gasteiger partial charge >= 0.3 is 0 Å². The zero-order chi connectivity index (χ0) is 13.0. The van der Waals surface area contributed by atoms with Crippen LogP contribution in [0.15, 0.2) is 42.7 Å². The number of nitrogens with one attached hydrogen (secondary N) is 1. The van der Waals surface area contributed by atoms with Crippen LogP contribution in [0.4, 0.5) is 0 Å². The summed E-state index contributed by atoms with van der Waals surface area (Å²) in [7, 11) is 0. The van der Waals surface area contributed by atoms with Crippen LogP contribution in [0.3, 0.4) is 0 Å². The lowest BCUT2D eigenvalue weighted by atomic mass is 9.99. The lowest BCUT2D eigenvalue weighted by Gasteiger charge is -2.17. The third-order valence-electron chi connectivity index (χ3n) is 2.97.